The summed E-state index contributed by atoms with van der Waals surface area (Å²) in [6, 6.07) is 14.5. The number of hydrogen-bond acceptors (Lipinski definition) is 17. The van der Waals surface area contributed by atoms with Gasteiger partial charge in [-0.2, -0.15) is 28.3 Å². The van der Waals surface area contributed by atoms with Gasteiger partial charge in [-0.05, 0) is 62.9 Å². The van der Waals surface area contributed by atoms with E-state index in [0.717, 1.165) is 50.0 Å². The molecule has 4 aliphatic heterocycles. The average molecular weight is 1260 g/mol. The molecule has 6 atom stereocenters. The highest BCUT2D eigenvalue weighted by atomic mass is 32.2. The van der Waals surface area contributed by atoms with Crippen molar-refractivity contribution in [3.05, 3.63) is 65.2 Å². The van der Waals surface area contributed by atoms with E-state index in [2.05, 4.69) is 47.3 Å². The summed E-state index contributed by atoms with van der Waals surface area (Å²) in [5, 5.41) is 23.9. The second-order valence-electron chi connectivity index (χ2n) is 19.7. The highest BCUT2D eigenvalue weighted by Crippen LogP contribution is 2.34. The summed E-state index contributed by atoms with van der Waals surface area (Å²) in [6.07, 6.45) is 6.58. The fraction of sp³-hybridized carbons (Fsp3) is 0.667. The van der Waals surface area contributed by atoms with E-state index in [1.165, 1.54) is 6.92 Å². The van der Waals surface area contributed by atoms with Crippen molar-refractivity contribution >= 4 is 82.1 Å². The van der Waals surface area contributed by atoms with Crippen molar-refractivity contribution in [2.75, 3.05) is 141 Å². The first-order chi connectivity index (χ1) is 41.4. The summed E-state index contributed by atoms with van der Waals surface area (Å²) in [5.41, 5.74) is 11.7. The van der Waals surface area contributed by atoms with Crippen LogP contribution in [0, 0.1) is 0 Å². The number of amides is 8. The minimum Gasteiger partial charge on any atom is -0.377 e. The van der Waals surface area contributed by atoms with Gasteiger partial charge in [0.2, 0.25) is 23.6 Å². The molecular weight excluding hydrogens is 1160 g/mol. The Kier molecular flexibility index (Phi) is 42.1. The number of carbonyl (C=O) groups is 7. The first-order valence-electron chi connectivity index (χ1n) is 29.4. The van der Waals surface area contributed by atoms with Crippen molar-refractivity contribution in [2.24, 2.45) is 0 Å². The van der Waals surface area contributed by atoms with E-state index in [-0.39, 0.29) is 107 Å². The monoisotopic (exact) mass is 1260 g/mol. The van der Waals surface area contributed by atoms with Gasteiger partial charge >= 0.3 is 12.1 Å². The zero-order valence-electron chi connectivity index (χ0n) is 49.7. The standard InChI is InChI=1S/C28H42N6O7S.C28H42N4O8S.C2H6.2CH4/c1-20(34-29)21-5-4-6-22(17-21)31-26(36)18-41-16-15-40-14-13-39-12-11-38-10-9-30-25(35)8-3-2-7-24-27-23(19-42-24)32-28(37)33-27;1-20(33)21-5-4-6-22(17-21)30-26(35)18-40-16-15-39-14-13-38-12-11-37-10-9-29-25(34)8-3-2-7-24-27-23(19-41-24)31-28(36)32-27;1-2;;/h4-6,17,23-24,27H,2-3,7-16,18-19H2,1H3,(H,30,35)(H,31,36)(H2,32,33,37);4-6,17,23-24,27H,2-3,7-16,18-19H2,1H3,(H,29,34)(H,30,35)(H2,31,32,36);1-2H3;2*1H4/t2*23-,24?,27-;;;/m00.../s1. The Morgan fingerprint density at radius 3 is 1.28 bits per heavy atom. The fourth-order valence-corrected chi connectivity index (χ4v) is 12.1. The fourth-order valence-electron chi connectivity index (χ4n) is 8.99. The van der Waals surface area contributed by atoms with Crippen LogP contribution in [0.15, 0.2) is 48.5 Å². The van der Waals surface area contributed by atoms with Gasteiger partial charge in [-0.3, -0.25) is 24.0 Å². The molecule has 0 saturated carbocycles. The van der Waals surface area contributed by atoms with Gasteiger partial charge in [0.15, 0.2) is 5.78 Å². The molecule has 4 saturated heterocycles. The number of unbranched alkanes of at least 4 members (excludes halogenated alkanes) is 2. The molecule has 4 heterocycles. The maximum Gasteiger partial charge on any atom is 0.315 e. The largest absolute Gasteiger partial charge is 0.377 e. The Labute approximate surface area is 522 Å². The number of ketones is 1. The molecule has 0 spiro atoms. The van der Waals surface area contributed by atoms with Crippen LogP contribution >= 0.6 is 23.5 Å². The lowest BCUT2D eigenvalue weighted by atomic mass is 10.0. The van der Waals surface area contributed by atoms with Crippen LogP contribution < -0.4 is 42.5 Å². The number of urea groups is 2. The van der Waals surface area contributed by atoms with E-state index < -0.39 is 0 Å². The van der Waals surface area contributed by atoms with Gasteiger partial charge in [0.05, 0.1) is 122 Å². The summed E-state index contributed by atoms with van der Waals surface area (Å²) >= 11 is 3.79. The molecule has 6 rings (SSSR count). The first kappa shape index (κ1) is 77.4. The zero-order valence-corrected chi connectivity index (χ0v) is 51.3. The molecule has 2 aromatic rings. The second kappa shape index (κ2) is 47.3. The van der Waals surface area contributed by atoms with Crippen molar-refractivity contribution < 1.29 is 76.2 Å². The molecular formula is C60H98N10O15S2. The summed E-state index contributed by atoms with van der Waals surface area (Å²) in [5.74, 6) is 1.30. The van der Waals surface area contributed by atoms with Crippen LogP contribution in [0.25, 0.3) is 5.53 Å². The molecule has 0 aromatic heterocycles. The molecule has 0 radical (unpaired) electrons. The topological polar surface area (TPSA) is 326 Å². The maximum atomic E-state index is 12.0. The van der Waals surface area contributed by atoms with Gasteiger partial charge in [0.1, 0.15) is 13.2 Å². The van der Waals surface area contributed by atoms with Crippen molar-refractivity contribution in [2.45, 2.75) is 129 Å². The highest BCUT2D eigenvalue weighted by Gasteiger charge is 2.43. The molecule has 0 aliphatic carbocycles. The van der Waals surface area contributed by atoms with Crippen molar-refractivity contribution in [1.82, 2.24) is 31.9 Å². The Bertz CT molecular complexity index is 2390. The number of anilines is 2. The van der Waals surface area contributed by atoms with Crippen LogP contribution in [0.2, 0.25) is 0 Å². The zero-order chi connectivity index (χ0) is 61.3. The molecule has 4 fully saturated rings. The van der Waals surface area contributed by atoms with Gasteiger partial charge in [0.25, 0.3) is 5.71 Å². The number of fused-ring (bicyclic) bond motifs is 2. The smallest absolute Gasteiger partial charge is 0.315 e. The lowest BCUT2D eigenvalue weighted by Gasteiger charge is -2.16. The molecule has 25 nitrogen and oxygen atoms in total. The Hall–Kier alpha value is -5.71. The van der Waals surface area contributed by atoms with Crippen LogP contribution in [0.4, 0.5) is 21.0 Å². The van der Waals surface area contributed by atoms with Crippen LogP contribution in [0.3, 0.4) is 0 Å². The molecule has 8 amide bonds. The average Bonchev–Trinajstić information content (AvgIpc) is 2.96. The summed E-state index contributed by atoms with van der Waals surface area (Å²) in [4.78, 5) is 85.4. The SMILES string of the molecule is C.C.CC.CC(=O)c1cccc(NC(=O)COCCOCCOCCOCCNC(=O)CCCCC2SC[C@@H]3NC(=O)N[C@H]23)c1.CC(=[N+]=[N-])c1cccc(NC(=O)COCCOCCOCCOCCNC(=O)CCCCC2SC[C@@H]3NC(=O)N[C@H]23)c1. The van der Waals surface area contributed by atoms with Crippen LogP contribution in [-0.4, -0.2) is 217 Å². The molecule has 4 aliphatic rings. The number of benzene rings is 2. The van der Waals surface area contributed by atoms with Crippen LogP contribution in [-0.2, 0) is 57.1 Å². The number of Topliss-reactive ketones (excluding diaryl/α,β-unsaturated/α-hetero) is 1. The number of ether oxygens (including phenoxy) is 8. The van der Waals surface area contributed by atoms with E-state index in [9.17, 15) is 33.6 Å². The van der Waals surface area contributed by atoms with Crippen molar-refractivity contribution in [1.29, 1.82) is 0 Å². The summed E-state index contributed by atoms with van der Waals surface area (Å²) < 4.78 is 43.3. The molecule has 8 N–H and O–H groups in total. The molecule has 2 aromatic carbocycles. The van der Waals surface area contributed by atoms with E-state index >= 15 is 0 Å². The van der Waals surface area contributed by atoms with E-state index in [0.29, 0.717) is 144 Å². The predicted molar refractivity (Wildman–Crippen MR) is 339 cm³/mol. The van der Waals surface area contributed by atoms with Crippen molar-refractivity contribution in [3.8, 4) is 0 Å². The third-order valence-electron chi connectivity index (χ3n) is 13.3. The number of hydrogen-bond donors (Lipinski definition) is 8. The molecule has 0 bridgehead atoms. The summed E-state index contributed by atoms with van der Waals surface area (Å²) in [7, 11) is 0. The first-order valence-corrected chi connectivity index (χ1v) is 31.5. The van der Waals surface area contributed by atoms with Gasteiger partial charge in [0, 0.05) is 71.8 Å². The normalized spacial score (nSPS) is 18.3. The molecule has 27 heteroatoms. The van der Waals surface area contributed by atoms with Gasteiger partial charge in [-0.15, -0.1) is 0 Å². The van der Waals surface area contributed by atoms with Gasteiger partial charge in [-0.25, -0.2) is 9.59 Å². The van der Waals surface area contributed by atoms with Crippen molar-refractivity contribution in [3.63, 3.8) is 0 Å². The number of thioether (sulfide) groups is 2. The lowest BCUT2D eigenvalue weighted by molar-refractivity contribution is -0.122. The molecule has 2 unspecified atom stereocenters. The van der Waals surface area contributed by atoms with E-state index in [1.807, 2.05) is 37.4 Å². The van der Waals surface area contributed by atoms with Gasteiger partial charge in [-0.1, -0.05) is 59.7 Å². The quantitative estimate of drug-likeness (QED) is 0.0100. The number of carbonyl (C=O) groups excluding carboxylic acids is 7. The third kappa shape index (κ3) is 32.9. The third-order valence-corrected chi connectivity index (χ3v) is 16.3. The molecule has 87 heavy (non-hydrogen) atoms. The second-order valence-corrected chi connectivity index (χ2v) is 22.3. The van der Waals surface area contributed by atoms with E-state index in [4.69, 9.17) is 43.4 Å². The van der Waals surface area contributed by atoms with Gasteiger partial charge < -0.3 is 86.0 Å². The van der Waals surface area contributed by atoms with Crippen LogP contribution in [0.1, 0.15) is 110 Å². The highest BCUT2D eigenvalue weighted by molar-refractivity contribution is 8.00. The Balaban J connectivity index is 0.000000564. The Morgan fingerprint density at radius 2 is 0.885 bits per heavy atom. The number of nitrogens with zero attached hydrogens (tertiary/aromatic N) is 2. The summed E-state index contributed by atoms with van der Waals surface area (Å²) in [6.45, 7) is 13.3. The minimum absolute atomic E-state index is 0. The number of rotatable bonds is 42. The minimum atomic E-state index is -0.305. The number of nitrogens with one attached hydrogen (secondary N) is 8. The molecule has 490 valence electrons. The Morgan fingerprint density at radius 1 is 0.517 bits per heavy atom. The predicted octanol–water partition coefficient (Wildman–Crippen LogP) is 5.61. The maximum absolute atomic E-state index is 12.0. The lowest BCUT2D eigenvalue weighted by Crippen LogP contribution is -2.36. The van der Waals surface area contributed by atoms with E-state index in [1.54, 1.807) is 55.5 Å². The van der Waals surface area contributed by atoms with Crippen LogP contribution in [0.5, 0.6) is 0 Å².